The van der Waals surface area contributed by atoms with E-state index < -0.39 is 58.8 Å². The number of urea groups is 1. The van der Waals surface area contributed by atoms with Crippen LogP contribution in [0, 0.1) is 18.6 Å². The molecule has 0 saturated carbocycles. The number of carbonyl (C=O) groups is 3. The molecule has 0 bridgehead atoms. The van der Waals surface area contributed by atoms with Crippen molar-refractivity contribution in [1.82, 2.24) is 20.6 Å². The highest BCUT2D eigenvalue weighted by Crippen LogP contribution is 2.43. The molecule has 0 unspecified atom stereocenters. The number of methoxy groups -OCH3 is 1. The summed E-state index contributed by atoms with van der Waals surface area (Å²) in [7, 11) is 1.42. The number of para-hydroxylation sites is 1. The standard InChI is InChI=1S/C28H27F5N6O5/c1-13(2)36-24(40)15-9-8-14(3)19(22(15)44-25(41)28(31,32)33)20-16-12-35-27(42)39(21-17(29)6-5-7-18(21)30)23(16)38-26(37-20)34-10-11-43-4/h5-9,13H,10-12H2,1-4H3,(H,35,42)(H,36,40)(H,34,37,38). The highest BCUT2D eigenvalue weighted by molar-refractivity contribution is 6.04. The van der Waals surface area contributed by atoms with Crippen LogP contribution in [0.25, 0.3) is 11.3 Å². The van der Waals surface area contributed by atoms with Gasteiger partial charge in [-0.3, -0.25) is 4.79 Å². The smallest absolute Gasteiger partial charge is 0.418 e. The predicted molar refractivity (Wildman–Crippen MR) is 148 cm³/mol. The van der Waals surface area contributed by atoms with Crippen molar-refractivity contribution in [1.29, 1.82) is 0 Å². The normalized spacial score (nSPS) is 13.0. The van der Waals surface area contributed by atoms with Gasteiger partial charge in [-0.1, -0.05) is 12.1 Å². The summed E-state index contributed by atoms with van der Waals surface area (Å²) in [4.78, 5) is 47.6. The lowest BCUT2D eigenvalue weighted by atomic mass is 9.95. The Morgan fingerprint density at radius 3 is 2.41 bits per heavy atom. The minimum atomic E-state index is -5.43. The Balaban J connectivity index is 2.06. The van der Waals surface area contributed by atoms with E-state index in [1.807, 2.05) is 0 Å². The lowest BCUT2D eigenvalue weighted by Gasteiger charge is -2.31. The van der Waals surface area contributed by atoms with Gasteiger partial charge in [0.25, 0.3) is 5.91 Å². The Morgan fingerprint density at radius 1 is 1.11 bits per heavy atom. The Hall–Kier alpha value is -4.86. The van der Waals surface area contributed by atoms with E-state index in [4.69, 9.17) is 9.47 Å². The Kier molecular flexibility index (Phi) is 9.32. The van der Waals surface area contributed by atoms with Gasteiger partial charge in [-0.2, -0.15) is 18.2 Å². The second-order valence-electron chi connectivity index (χ2n) is 9.83. The lowest BCUT2D eigenvalue weighted by molar-refractivity contribution is -0.189. The van der Waals surface area contributed by atoms with Gasteiger partial charge in [-0.05, 0) is 44.5 Å². The van der Waals surface area contributed by atoms with E-state index in [-0.39, 0.29) is 53.8 Å². The molecule has 3 N–H and O–H groups in total. The van der Waals surface area contributed by atoms with Crippen LogP contribution in [-0.4, -0.2) is 60.4 Å². The van der Waals surface area contributed by atoms with Crippen molar-refractivity contribution < 1.29 is 45.8 Å². The fourth-order valence-electron chi connectivity index (χ4n) is 4.37. The molecule has 0 spiro atoms. The number of halogens is 5. The molecule has 0 atom stereocenters. The number of esters is 1. The number of anilines is 3. The van der Waals surface area contributed by atoms with Gasteiger partial charge >= 0.3 is 18.2 Å². The van der Waals surface area contributed by atoms with Crippen LogP contribution in [0.4, 0.5) is 44.2 Å². The molecule has 2 heterocycles. The van der Waals surface area contributed by atoms with Gasteiger partial charge < -0.3 is 25.4 Å². The first kappa shape index (κ1) is 32.1. The quantitative estimate of drug-likeness (QED) is 0.135. The number of nitrogens with zero attached hydrogens (tertiary/aromatic N) is 3. The summed E-state index contributed by atoms with van der Waals surface area (Å²) in [6.07, 6.45) is -5.43. The van der Waals surface area contributed by atoms with E-state index in [1.165, 1.54) is 26.2 Å². The van der Waals surface area contributed by atoms with Crippen LogP contribution in [0.1, 0.15) is 35.3 Å². The zero-order valence-corrected chi connectivity index (χ0v) is 23.9. The van der Waals surface area contributed by atoms with E-state index in [1.54, 1.807) is 13.8 Å². The minimum Gasteiger partial charge on any atom is -0.418 e. The maximum absolute atomic E-state index is 15.0. The molecule has 16 heteroatoms. The van der Waals surface area contributed by atoms with Gasteiger partial charge in [-0.15, -0.1) is 0 Å². The number of alkyl halides is 3. The predicted octanol–water partition coefficient (Wildman–Crippen LogP) is 4.76. The molecular weight excluding hydrogens is 595 g/mol. The largest absolute Gasteiger partial charge is 0.491 e. The molecule has 4 rings (SSSR count). The minimum absolute atomic E-state index is 0.00151. The number of rotatable bonds is 9. The molecule has 0 radical (unpaired) electrons. The first-order valence-electron chi connectivity index (χ1n) is 13.1. The van der Waals surface area contributed by atoms with Crippen LogP contribution in [0.3, 0.4) is 0 Å². The van der Waals surface area contributed by atoms with Crippen molar-refractivity contribution in [2.45, 2.75) is 39.5 Å². The van der Waals surface area contributed by atoms with Crippen molar-refractivity contribution in [3.63, 3.8) is 0 Å². The first-order chi connectivity index (χ1) is 20.7. The lowest BCUT2D eigenvalue weighted by Crippen LogP contribution is -2.43. The number of benzene rings is 2. The summed E-state index contributed by atoms with van der Waals surface area (Å²) in [6, 6.07) is 4.13. The first-order valence-corrected chi connectivity index (χ1v) is 13.1. The SMILES string of the molecule is COCCNc1nc(-c2c(C)ccc(C(=O)NC(C)C)c2OC(=O)C(F)(F)F)c2c(n1)N(c1c(F)cccc1F)C(=O)NC2. The average Bonchev–Trinajstić information content (AvgIpc) is 2.93. The molecule has 1 aromatic heterocycles. The Morgan fingerprint density at radius 2 is 1.80 bits per heavy atom. The molecule has 0 aliphatic carbocycles. The number of hydrogen-bond acceptors (Lipinski definition) is 8. The molecule has 0 saturated heterocycles. The third-order valence-electron chi connectivity index (χ3n) is 6.26. The third kappa shape index (κ3) is 6.54. The third-order valence-corrected chi connectivity index (χ3v) is 6.26. The van der Waals surface area contributed by atoms with E-state index >= 15 is 0 Å². The van der Waals surface area contributed by atoms with Crippen LogP contribution in [0.15, 0.2) is 30.3 Å². The maximum atomic E-state index is 15.0. The number of fused-ring (bicyclic) bond motifs is 1. The Bertz CT molecular complexity index is 1590. The van der Waals surface area contributed by atoms with E-state index in [9.17, 15) is 36.3 Å². The van der Waals surface area contributed by atoms with Gasteiger partial charge in [0.1, 0.15) is 17.3 Å². The highest BCUT2D eigenvalue weighted by Gasteiger charge is 2.43. The number of aromatic nitrogens is 2. The molecular formula is C28H27F5N6O5. The van der Waals surface area contributed by atoms with E-state index in [0.29, 0.717) is 4.90 Å². The number of hydrogen-bond donors (Lipinski definition) is 3. The maximum Gasteiger partial charge on any atom is 0.491 e. The van der Waals surface area contributed by atoms with Gasteiger partial charge in [0.05, 0.1) is 24.4 Å². The second kappa shape index (κ2) is 12.8. The molecule has 0 fully saturated rings. The van der Waals surface area contributed by atoms with Crippen LogP contribution in [-0.2, 0) is 16.1 Å². The summed E-state index contributed by atoms with van der Waals surface area (Å²) < 4.78 is 80.1. The molecule has 44 heavy (non-hydrogen) atoms. The molecule has 3 amide bonds. The Labute approximate surface area is 247 Å². The topological polar surface area (TPSA) is 135 Å². The molecule has 2 aromatic carbocycles. The summed E-state index contributed by atoms with van der Waals surface area (Å²) in [6.45, 7) is 4.62. The number of nitrogens with one attached hydrogen (secondary N) is 3. The fourth-order valence-corrected chi connectivity index (χ4v) is 4.37. The van der Waals surface area contributed by atoms with E-state index in [2.05, 4.69) is 25.9 Å². The molecule has 3 aromatic rings. The van der Waals surface area contributed by atoms with Gasteiger partial charge in [0.15, 0.2) is 11.6 Å². The van der Waals surface area contributed by atoms with Gasteiger partial charge in [-0.25, -0.2) is 28.3 Å². The zero-order chi connectivity index (χ0) is 32.3. The summed E-state index contributed by atoms with van der Waals surface area (Å²) in [5, 5.41) is 7.83. The van der Waals surface area contributed by atoms with Crippen LogP contribution in [0.2, 0.25) is 0 Å². The van der Waals surface area contributed by atoms with Crippen molar-refractivity contribution in [3.8, 4) is 17.0 Å². The monoisotopic (exact) mass is 622 g/mol. The molecule has 234 valence electrons. The van der Waals surface area contributed by atoms with Gasteiger partial charge in [0.2, 0.25) is 5.95 Å². The molecule has 1 aliphatic rings. The summed E-state index contributed by atoms with van der Waals surface area (Å²) in [5.41, 5.74) is -1.39. The summed E-state index contributed by atoms with van der Waals surface area (Å²) in [5.74, 6) is -6.96. The molecule has 11 nitrogen and oxygen atoms in total. The molecule has 1 aliphatic heterocycles. The van der Waals surface area contributed by atoms with Crippen LogP contribution in [0.5, 0.6) is 5.75 Å². The number of ether oxygens (including phenoxy) is 2. The van der Waals surface area contributed by atoms with Crippen molar-refractivity contribution in [3.05, 3.63) is 58.7 Å². The average molecular weight is 623 g/mol. The number of aryl methyl sites for hydroxylation is 1. The fraction of sp³-hybridized carbons (Fsp3) is 0.321. The van der Waals surface area contributed by atoms with Crippen molar-refractivity contribution in [2.75, 3.05) is 30.5 Å². The van der Waals surface area contributed by atoms with Crippen molar-refractivity contribution in [2.24, 2.45) is 0 Å². The summed E-state index contributed by atoms with van der Waals surface area (Å²) >= 11 is 0. The zero-order valence-electron chi connectivity index (χ0n) is 23.9. The number of carbonyl (C=O) groups excluding carboxylic acids is 3. The highest BCUT2D eigenvalue weighted by atomic mass is 19.4. The van der Waals surface area contributed by atoms with E-state index in [0.717, 1.165) is 18.2 Å². The second-order valence-corrected chi connectivity index (χ2v) is 9.83. The van der Waals surface area contributed by atoms with Crippen LogP contribution < -0.4 is 25.6 Å². The van der Waals surface area contributed by atoms with Gasteiger partial charge in [0, 0.05) is 30.8 Å². The van der Waals surface area contributed by atoms with Crippen molar-refractivity contribution >= 4 is 35.4 Å². The van der Waals surface area contributed by atoms with Crippen LogP contribution >= 0.6 is 0 Å². The number of amides is 3.